The molecule has 8 heteroatoms. The Labute approximate surface area is 160 Å². The number of rotatable bonds is 15. The molecule has 0 aromatic carbocycles. The van der Waals surface area contributed by atoms with Crippen molar-refractivity contribution in [1.82, 2.24) is 0 Å². The normalized spacial score (nSPS) is 13.9. The molecule has 156 valence electrons. The second kappa shape index (κ2) is 14.1. The third-order valence-corrected chi connectivity index (χ3v) is 3.91. The second-order valence-corrected chi connectivity index (χ2v) is 6.30. The summed E-state index contributed by atoms with van der Waals surface area (Å²) in [5.74, 6) is -5.06. The fourth-order valence-corrected chi connectivity index (χ4v) is 2.11. The van der Waals surface area contributed by atoms with E-state index < -0.39 is 35.8 Å². The first kappa shape index (κ1) is 25.0. The summed E-state index contributed by atoms with van der Waals surface area (Å²) in [5, 5.41) is 10.8. The van der Waals surface area contributed by atoms with Gasteiger partial charge in [0, 0.05) is 0 Å². The Kier molecular flexibility index (Phi) is 13.1. The Balaban J connectivity index is 5.32. The molecule has 2 atom stereocenters. The molecule has 0 aliphatic heterocycles. The fourth-order valence-electron chi connectivity index (χ4n) is 2.11. The number of carbonyl (C=O) groups is 4. The average Bonchev–Trinajstić information content (AvgIpc) is 2.62. The molecular formula is C19H32O8. The maximum Gasteiger partial charge on any atom is 0.340 e. The largest absolute Gasteiger partial charge is 0.466 e. The van der Waals surface area contributed by atoms with E-state index in [4.69, 9.17) is 14.2 Å². The van der Waals surface area contributed by atoms with E-state index in [0.717, 1.165) is 19.3 Å². The summed E-state index contributed by atoms with van der Waals surface area (Å²) in [6, 6.07) is 0. The molecule has 8 nitrogen and oxygen atoms in total. The second-order valence-electron chi connectivity index (χ2n) is 6.30. The zero-order valence-corrected chi connectivity index (χ0v) is 16.5. The number of aliphatic hydroxyl groups is 1. The third kappa shape index (κ3) is 8.99. The first-order valence-electron chi connectivity index (χ1n) is 9.54. The Morgan fingerprint density at radius 3 is 1.85 bits per heavy atom. The lowest BCUT2D eigenvalue weighted by Crippen LogP contribution is -2.53. The molecule has 0 saturated carbocycles. The molecule has 0 radical (unpaired) electrons. The number of esters is 3. The van der Waals surface area contributed by atoms with Crippen LogP contribution in [0.5, 0.6) is 0 Å². The van der Waals surface area contributed by atoms with Crippen LogP contribution in [0, 0.1) is 5.92 Å². The number of aldehydes is 1. The summed E-state index contributed by atoms with van der Waals surface area (Å²) >= 11 is 0. The van der Waals surface area contributed by atoms with Crippen LogP contribution in [-0.2, 0) is 33.4 Å². The van der Waals surface area contributed by atoms with Crippen molar-refractivity contribution in [3.63, 3.8) is 0 Å². The van der Waals surface area contributed by atoms with Gasteiger partial charge in [-0.15, -0.1) is 0 Å². The summed E-state index contributed by atoms with van der Waals surface area (Å²) in [6.45, 7) is 5.83. The van der Waals surface area contributed by atoms with E-state index in [1.54, 1.807) is 0 Å². The molecule has 0 aliphatic carbocycles. The quantitative estimate of drug-likeness (QED) is 0.149. The van der Waals surface area contributed by atoms with Crippen LogP contribution in [0.2, 0.25) is 0 Å². The molecule has 0 aromatic heterocycles. The summed E-state index contributed by atoms with van der Waals surface area (Å²) in [5.41, 5.74) is -2.66. The lowest BCUT2D eigenvalue weighted by Gasteiger charge is -2.28. The minimum Gasteiger partial charge on any atom is -0.466 e. The summed E-state index contributed by atoms with van der Waals surface area (Å²) < 4.78 is 14.9. The summed E-state index contributed by atoms with van der Waals surface area (Å²) in [4.78, 5) is 48.1. The van der Waals surface area contributed by atoms with Gasteiger partial charge in [-0.25, -0.2) is 4.79 Å². The minimum absolute atomic E-state index is 0.00101. The van der Waals surface area contributed by atoms with Crippen molar-refractivity contribution in [3.8, 4) is 0 Å². The van der Waals surface area contributed by atoms with Gasteiger partial charge in [-0.05, 0) is 19.3 Å². The van der Waals surface area contributed by atoms with Gasteiger partial charge in [-0.2, -0.15) is 0 Å². The Morgan fingerprint density at radius 1 is 0.889 bits per heavy atom. The molecule has 0 bridgehead atoms. The predicted octanol–water partition coefficient (Wildman–Crippen LogP) is 1.95. The van der Waals surface area contributed by atoms with Gasteiger partial charge in [0.05, 0.1) is 26.2 Å². The third-order valence-electron chi connectivity index (χ3n) is 3.91. The van der Waals surface area contributed by atoms with Crippen LogP contribution in [0.15, 0.2) is 0 Å². The van der Waals surface area contributed by atoms with Crippen LogP contribution in [0.3, 0.4) is 0 Å². The van der Waals surface area contributed by atoms with Gasteiger partial charge >= 0.3 is 17.9 Å². The molecule has 0 fully saturated rings. The van der Waals surface area contributed by atoms with Crippen molar-refractivity contribution in [2.75, 3.05) is 19.8 Å². The highest BCUT2D eigenvalue weighted by molar-refractivity contribution is 5.99. The molecule has 0 heterocycles. The number of ether oxygens (including phenoxy) is 3. The van der Waals surface area contributed by atoms with E-state index in [1.807, 2.05) is 20.8 Å². The molecular weight excluding hydrogens is 356 g/mol. The van der Waals surface area contributed by atoms with Gasteiger partial charge in [0.1, 0.15) is 6.29 Å². The predicted molar refractivity (Wildman–Crippen MR) is 96.7 cm³/mol. The first-order chi connectivity index (χ1) is 12.9. The highest BCUT2D eigenvalue weighted by Gasteiger charge is 2.52. The lowest BCUT2D eigenvalue weighted by atomic mass is 9.85. The Bertz CT molecular complexity index is 476. The number of unbranched alkanes of at least 4 members (excludes halogenated alkanes) is 3. The van der Waals surface area contributed by atoms with Crippen molar-refractivity contribution < 1.29 is 38.5 Å². The summed E-state index contributed by atoms with van der Waals surface area (Å²) in [6.07, 6.45) is 3.24. The van der Waals surface area contributed by atoms with Gasteiger partial charge in [0.25, 0.3) is 0 Å². The van der Waals surface area contributed by atoms with Crippen LogP contribution in [-0.4, -0.2) is 54.7 Å². The van der Waals surface area contributed by atoms with Gasteiger partial charge < -0.3 is 24.1 Å². The van der Waals surface area contributed by atoms with Crippen molar-refractivity contribution in [2.24, 2.45) is 5.92 Å². The van der Waals surface area contributed by atoms with E-state index >= 15 is 0 Å². The zero-order chi connectivity index (χ0) is 20.7. The molecule has 0 amide bonds. The van der Waals surface area contributed by atoms with E-state index in [9.17, 15) is 24.3 Å². The average molecular weight is 388 g/mol. The molecule has 27 heavy (non-hydrogen) atoms. The van der Waals surface area contributed by atoms with Crippen LogP contribution in [0.1, 0.15) is 65.7 Å². The van der Waals surface area contributed by atoms with E-state index in [0.29, 0.717) is 19.3 Å². The Hall–Kier alpha value is -1.96. The highest BCUT2D eigenvalue weighted by Crippen LogP contribution is 2.25. The maximum atomic E-state index is 12.4. The number of hydrogen-bond acceptors (Lipinski definition) is 8. The number of hydrogen-bond donors (Lipinski definition) is 1. The van der Waals surface area contributed by atoms with E-state index in [2.05, 4.69) is 0 Å². The van der Waals surface area contributed by atoms with Crippen molar-refractivity contribution in [2.45, 2.75) is 71.3 Å². The first-order valence-corrected chi connectivity index (χ1v) is 9.54. The van der Waals surface area contributed by atoms with Gasteiger partial charge in [0.2, 0.25) is 0 Å². The Morgan fingerprint density at radius 2 is 1.37 bits per heavy atom. The van der Waals surface area contributed by atoms with E-state index in [-0.39, 0.29) is 26.1 Å². The molecule has 0 rings (SSSR count). The SMILES string of the molecule is CCCCOC(=O)CC(O)(C(=O)OCCCC)C(C=O)C(=O)OCCCC. The molecule has 0 aromatic rings. The van der Waals surface area contributed by atoms with Crippen LogP contribution in [0.25, 0.3) is 0 Å². The van der Waals surface area contributed by atoms with Crippen molar-refractivity contribution in [3.05, 3.63) is 0 Å². The highest BCUT2D eigenvalue weighted by atomic mass is 16.6. The minimum atomic E-state index is -2.66. The molecule has 1 N–H and O–H groups in total. The van der Waals surface area contributed by atoms with E-state index in [1.165, 1.54) is 0 Å². The smallest absolute Gasteiger partial charge is 0.340 e. The molecule has 2 unspecified atom stereocenters. The van der Waals surface area contributed by atoms with Gasteiger partial charge in [-0.3, -0.25) is 9.59 Å². The molecule has 0 spiro atoms. The maximum absolute atomic E-state index is 12.4. The fraction of sp³-hybridized carbons (Fsp3) is 0.789. The van der Waals surface area contributed by atoms with Gasteiger partial charge in [-0.1, -0.05) is 40.0 Å². The van der Waals surface area contributed by atoms with Crippen LogP contribution >= 0.6 is 0 Å². The lowest BCUT2D eigenvalue weighted by molar-refractivity contribution is -0.186. The molecule has 0 saturated heterocycles. The van der Waals surface area contributed by atoms with Crippen molar-refractivity contribution >= 4 is 24.2 Å². The standard InChI is InChI=1S/C19H32O8/c1-4-7-10-25-16(21)13-19(24,18(23)27-12-9-6-3)15(14-20)17(22)26-11-8-5-2/h14-15,24H,4-13H2,1-3H3. The van der Waals surface area contributed by atoms with Crippen molar-refractivity contribution in [1.29, 1.82) is 0 Å². The number of carbonyl (C=O) groups excluding carboxylic acids is 4. The zero-order valence-electron chi connectivity index (χ0n) is 16.5. The van der Waals surface area contributed by atoms with Crippen LogP contribution < -0.4 is 0 Å². The van der Waals surface area contributed by atoms with Crippen LogP contribution in [0.4, 0.5) is 0 Å². The van der Waals surface area contributed by atoms with Gasteiger partial charge in [0.15, 0.2) is 11.5 Å². The summed E-state index contributed by atoms with van der Waals surface area (Å²) in [7, 11) is 0. The topological polar surface area (TPSA) is 116 Å². The monoisotopic (exact) mass is 388 g/mol. The molecule has 0 aliphatic rings.